The number of carbonyl (C=O) groups is 1. The Bertz CT molecular complexity index is 817. The van der Waals surface area contributed by atoms with E-state index in [2.05, 4.69) is 4.90 Å². The third kappa shape index (κ3) is 4.49. The lowest BCUT2D eigenvalue weighted by atomic mass is 10.2. The molecule has 3 rings (SSSR count). The van der Waals surface area contributed by atoms with Crippen molar-refractivity contribution in [1.29, 1.82) is 0 Å². The van der Waals surface area contributed by atoms with Gasteiger partial charge in [0, 0.05) is 32.7 Å². The number of esters is 1. The van der Waals surface area contributed by atoms with Gasteiger partial charge in [-0.2, -0.15) is 4.31 Å². The van der Waals surface area contributed by atoms with Crippen LogP contribution in [-0.2, 0) is 14.8 Å². The first-order valence-corrected chi connectivity index (χ1v) is 10.0. The Morgan fingerprint density at radius 3 is 2.08 bits per heavy atom. The molecule has 138 valence electrons. The number of rotatable bonds is 6. The summed E-state index contributed by atoms with van der Waals surface area (Å²) in [5.41, 5.74) is 0.534. The Balaban J connectivity index is 1.45. The molecule has 1 aliphatic heterocycles. The van der Waals surface area contributed by atoms with Gasteiger partial charge in [0.15, 0.2) is 0 Å². The zero-order chi connectivity index (χ0) is 18.4. The highest BCUT2D eigenvalue weighted by Gasteiger charge is 2.28. The quantitative estimate of drug-likeness (QED) is 0.722. The molecule has 1 aliphatic rings. The summed E-state index contributed by atoms with van der Waals surface area (Å²) < 4.78 is 32.0. The molecule has 0 amide bonds. The largest absolute Gasteiger partial charge is 0.461 e. The van der Waals surface area contributed by atoms with Crippen molar-refractivity contribution < 1.29 is 17.9 Å². The van der Waals surface area contributed by atoms with Crippen LogP contribution in [0.15, 0.2) is 65.6 Å². The van der Waals surface area contributed by atoms with Gasteiger partial charge in [-0.15, -0.1) is 0 Å². The van der Waals surface area contributed by atoms with E-state index in [1.165, 1.54) is 4.31 Å². The molecule has 2 aromatic rings. The van der Waals surface area contributed by atoms with Gasteiger partial charge in [-0.05, 0) is 24.3 Å². The third-order valence-electron chi connectivity index (χ3n) is 4.36. The molecule has 26 heavy (non-hydrogen) atoms. The molecule has 7 heteroatoms. The third-order valence-corrected chi connectivity index (χ3v) is 6.28. The topological polar surface area (TPSA) is 66.9 Å². The lowest BCUT2D eigenvalue weighted by Gasteiger charge is -2.33. The maximum absolute atomic E-state index is 12.6. The van der Waals surface area contributed by atoms with E-state index >= 15 is 0 Å². The monoisotopic (exact) mass is 374 g/mol. The molecule has 1 saturated heterocycles. The van der Waals surface area contributed by atoms with Crippen LogP contribution in [0.1, 0.15) is 10.4 Å². The van der Waals surface area contributed by atoms with Crippen LogP contribution in [0.4, 0.5) is 0 Å². The Labute approximate surface area is 154 Å². The first kappa shape index (κ1) is 18.6. The van der Waals surface area contributed by atoms with Gasteiger partial charge in [0.05, 0.1) is 10.5 Å². The van der Waals surface area contributed by atoms with E-state index in [-0.39, 0.29) is 5.97 Å². The zero-order valence-electron chi connectivity index (χ0n) is 14.5. The molecule has 0 radical (unpaired) electrons. The average Bonchev–Trinajstić information content (AvgIpc) is 2.69. The molecular formula is C19H22N2O4S. The Hall–Kier alpha value is -2.22. The number of carbonyl (C=O) groups excluding carboxylic acids is 1. The second-order valence-electron chi connectivity index (χ2n) is 6.06. The summed E-state index contributed by atoms with van der Waals surface area (Å²) >= 11 is 0. The van der Waals surface area contributed by atoms with Crippen LogP contribution in [0, 0.1) is 0 Å². The van der Waals surface area contributed by atoms with Crippen molar-refractivity contribution >= 4 is 16.0 Å². The van der Waals surface area contributed by atoms with Gasteiger partial charge in [0.1, 0.15) is 6.61 Å². The van der Waals surface area contributed by atoms with Crippen molar-refractivity contribution in [3.05, 3.63) is 66.2 Å². The molecule has 0 saturated carbocycles. The van der Waals surface area contributed by atoms with Crippen LogP contribution in [-0.4, -0.2) is 62.9 Å². The standard InChI is InChI=1S/C19H22N2O4S/c22-19(17-7-3-1-4-8-17)25-16-15-20-11-13-21(14-12-20)26(23,24)18-9-5-2-6-10-18/h1-10H,11-16H2. The summed E-state index contributed by atoms with van der Waals surface area (Å²) in [6, 6.07) is 17.4. The van der Waals surface area contributed by atoms with Crippen LogP contribution in [0.5, 0.6) is 0 Å². The molecule has 2 aromatic carbocycles. The molecule has 1 heterocycles. The molecule has 0 atom stereocenters. The molecule has 0 N–H and O–H groups in total. The predicted octanol–water partition coefficient (Wildman–Crippen LogP) is 1.85. The molecule has 0 unspecified atom stereocenters. The molecule has 0 spiro atoms. The van der Waals surface area contributed by atoms with Crippen molar-refractivity contribution in [2.75, 3.05) is 39.3 Å². The zero-order valence-corrected chi connectivity index (χ0v) is 15.3. The lowest BCUT2D eigenvalue weighted by Crippen LogP contribution is -2.49. The second kappa shape index (κ2) is 8.44. The number of hydrogen-bond donors (Lipinski definition) is 0. The Morgan fingerprint density at radius 1 is 0.885 bits per heavy atom. The van der Waals surface area contributed by atoms with E-state index in [4.69, 9.17) is 4.74 Å². The first-order valence-electron chi connectivity index (χ1n) is 8.57. The highest BCUT2D eigenvalue weighted by molar-refractivity contribution is 7.89. The van der Waals surface area contributed by atoms with Crippen LogP contribution in [0.2, 0.25) is 0 Å². The minimum atomic E-state index is -3.43. The lowest BCUT2D eigenvalue weighted by molar-refractivity contribution is 0.0445. The number of nitrogens with zero attached hydrogens (tertiary/aromatic N) is 2. The summed E-state index contributed by atoms with van der Waals surface area (Å²) in [7, 11) is -3.43. The van der Waals surface area contributed by atoms with E-state index < -0.39 is 10.0 Å². The average molecular weight is 374 g/mol. The van der Waals surface area contributed by atoms with Crippen LogP contribution in [0.3, 0.4) is 0 Å². The number of sulfonamides is 1. The minimum Gasteiger partial charge on any atom is -0.461 e. The predicted molar refractivity (Wildman–Crippen MR) is 98.4 cm³/mol. The summed E-state index contributed by atoms with van der Waals surface area (Å²) in [5.74, 6) is -0.337. The van der Waals surface area contributed by atoms with Gasteiger partial charge in [-0.3, -0.25) is 4.90 Å². The van der Waals surface area contributed by atoms with E-state index in [0.29, 0.717) is 49.8 Å². The maximum atomic E-state index is 12.6. The number of hydrogen-bond acceptors (Lipinski definition) is 5. The van der Waals surface area contributed by atoms with Crippen LogP contribution >= 0.6 is 0 Å². The second-order valence-corrected chi connectivity index (χ2v) is 8.00. The van der Waals surface area contributed by atoms with Gasteiger partial charge in [-0.25, -0.2) is 13.2 Å². The maximum Gasteiger partial charge on any atom is 0.338 e. The number of piperazine rings is 1. The number of benzene rings is 2. The first-order chi connectivity index (χ1) is 12.6. The van der Waals surface area contributed by atoms with Gasteiger partial charge in [0.25, 0.3) is 0 Å². The van der Waals surface area contributed by atoms with Gasteiger partial charge >= 0.3 is 5.97 Å². The summed E-state index contributed by atoms with van der Waals surface area (Å²) in [5, 5.41) is 0. The van der Waals surface area contributed by atoms with Gasteiger partial charge in [0.2, 0.25) is 10.0 Å². The van der Waals surface area contributed by atoms with E-state index in [1.807, 2.05) is 6.07 Å². The summed E-state index contributed by atoms with van der Waals surface area (Å²) in [6.07, 6.45) is 0. The highest BCUT2D eigenvalue weighted by atomic mass is 32.2. The molecule has 0 aliphatic carbocycles. The highest BCUT2D eigenvalue weighted by Crippen LogP contribution is 2.17. The normalized spacial score (nSPS) is 16.3. The van der Waals surface area contributed by atoms with Crippen molar-refractivity contribution in [3.8, 4) is 0 Å². The fourth-order valence-electron chi connectivity index (χ4n) is 2.86. The van der Waals surface area contributed by atoms with Crippen molar-refractivity contribution in [1.82, 2.24) is 9.21 Å². The van der Waals surface area contributed by atoms with E-state index in [0.717, 1.165) is 0 Å². The van der Waals surface area contributed by atoms with Gasteiger partial charge < -0.3 is 4.74 Å². The molecule has 6 nitrogen and oxygen atoms in total. The number of ether oxygens (including phenoxy) is 1. The van der Waals surface area contributed by atoms with Crippen LogP contribution in [0.25, 0.3) is 0 Å². The van der Waals surface area contributed by atoms with E-state index in [1.54, 1.807) is 54.6 Å². The van der Waals surface area contributed by atoms with Crippen molar-refractivity contribution in [2.24, 2.45) is 0 Å². The molecule has 1 fully saturated rings. The van der Waals surface area contributed by atoms with Crippen LogP contribution < -0.4 is 0 Å². The fourth-order valence-corrected chi connectivity index (χ4v) is 4.30. The van der Waals surface area contributed by atoms with Crippen molar-refractivity contribution in [2.45, 2.75) is 4.90 Å². The summed E-state index contributed by atoms with van der Waals surface area (Å²) in [6.45, 7) is 2.99. The van der Waals surface area contributed by atoms with E-state index in [9.17, 15) is 13.2 Å². The Kier molecular flexibility index (Phi) is 6.03. The molecule has 0 bridgehead atoms. The minimum absolute atomic E-state index is 0.291. The van der Waals surface area contributed by atoms with Crippen molar-refractivity contribution in [3.63, 3.8) is 0 Å². The molecular weight excluding hydrogens is 352 g/mol. The molecule has 0 aromatic heterocycles. The SMILES string of the molecule is O=C(OCCN1CCN(S(=O)(=O)c2ccccc2)CC1)c1ccccc1. The fraction of sp³-hybridized carbons (Fsp3) is 0.316. The summed E-state index contributed by atoms with van der Waals surface area (Å²) in [4.78, 5) is 14.3. The Morgan fingerprint density at radius 2 is 1.46 bits per heavy atom. The van der Waals surface area contributed by atoms with Gasteiger partial charge in [-0.1, -0.05) is 36.4 Å². The smallest absolute Gasteiger partial charge is 0.338 e.